The van der Waals surface area contributed by atoms with Crippen LogP contribution < -0.4 is 5.32 Å². The number of pyridine rings is 1. The van der Waals surface area contributed by atoms with Crippen LogP contribution in [0.3, 0.4) is 0 Å². The number of fused-ring (bicyclic) bond motifs is 1. The van der Waals surface area contributed by atoms with Gasteiger partial charge in [-0.25, -0.2) is 0 Å². The van der Waals surface area contributed by atoms with Crippen molar-refractivity contribution in [1.82, 2.24) is 4.98 Å². The molecule has 0 spiro atoms. The first-order valence-electron chi connectivity index (χ1n) is 7.12. The molecule has 2 aromatic rings. The SMILES string of the molecule is O=[N+]([O-])c1ccc(NCCC2CCCO2)c2ccncc12. The average molecular weight is 287 g/mol. The molecular weight excluding hydrogens is 270 g/mol. The average Bonchev–Trinajstić information content (AvgIpc) is 3.00. The zero-order valence-electron chi connectivity index (χ0n) is 11.6. The fraction of sp³-hybridized carbons (Fsp3) is 0.400. The molecule has 0 aliphatic carbocycles. The van der Waals surface area contributed by atoms with Crippen LogP contribution in [0.2, 0.25) is 0 Å². The molecule has 1 atom stereocenters. The molecule has 2 heterocycles. The molecule has 1 saturated heterocycles. The zero-order valence-corrected chi connectivity index (χ0v) is 11.6. The van der Waals surface area contributed by atoms with Crippen molar-refractivity contribution >= 4 is 22.1 Å². The van der Waals surface area contributed by atoms with Gasteiger partial charge in [0, 0.05) is 42.7 Å². The summed E-state index contributed by atoms with van der Waals surface area (Å²) in [5, 5.41) is 15.8. The van der Waals surface area contributed by atoms with E-state index in [0.717, 1.165) is 43.5 Å². The monoisotopic (exact) mass is 287 g/mol. The maximum atomic E-state index is 11.1. The van der Waals surface area contributed by atoms with Crippen molar-refractivity contribution in [2.45, 2.75) is 25.4 Å². The number of nitrogens with zero attached hydrogens (tertiary/aromatic N) is 2. The van der Waals surface area contributed by atoms with Gasteiger partial charge in [0.2, 0.25) is 0 Å². The van der Waals surface area contributed by atoms with Gasteiger partial charge < -0.3 is 10.1 Å². The smallest absolute Gasteiger partial charge is 0.278 e. The topological polar surface area (TPSA) is 77.3 Å². The standard InChI is InChI=1S/C15H17N3O3/c19-18(20)15-4-3-14(12-6-7-16-10-13(12)15)17-8-5-11-2-1-9-21-11/h3-4,6-7,10-11,17H,1-2,5,8-9H2. The maximum Gasteiger partial charge on any atom is 0.278 e. The highest BCUT2D eigenvalue weighted by Gasteiger charge is 2.16. The summed E-state index contributed by atoms with van der Waals surface area (Å²) in [4.78, 5) is 14.7. The number of nitro benzene ring substituents is 1. The molecule has 1 aliphatic heterocycles. The number of rotatable bonds is 5. The van der Waals surface area contributed by atoms with Gasteiger partial charge in [0.25, 0.3) is 5.69 Å². The summed E-state index contributed by atoms with van der Waals surface area (Å²) in [6, 6.07) is 5.09. The van der Waals surface area contributed by atoms with Gasteiger partial charge in [0.15, 0.2) is 0 Å². The Hall–Kier alpha value is -2.21. The van der Waals surface area contributed by atoms with Crippen molar-refractivity contribution in [3.05, 3.63) is 40.7 Å². The lowest BCUT2D eigenvalue weighted by atomic mass is 10.1. The van der Waals surface area contributed by atoms with Gasteiger partial charge in [0.05, 0.1) is 16.4 Å². The van der Waals surface area contributed by atoms with E-state index in [0.29, 0.717) is 11.5 Å². The zero-order chi connectivity index (χ0) is 14.7. The highest BCUT2D eigenvalue weighted by molar-refractivity contribution is 5.99. The minimum Gasteiger partial charge on any atom is -0.384 e. The Kier molecular flexibility index (Phi) is 3.96. The van der Waals surface area contributed by atoms with Crippen LogP contribution in [0.4, 0.5) is 11.4 Å². The molecule has 1 N–H and O–H groups in total. The summed E-state index contributed by atoms with van der Waals surface area (Å²) < 4.78 is 5.59. The highest BCUT2D eigenvalue weighted by atomic mass is 16.6. The highest BCUT2D eigenvalue weighted by Crippen LogP contribution is 2.30. The Morgan fingerprint density at radius 1 is 1.38 bits per heavy atom. The molecule has 21 heavy (non-hydrogen) atoms. The third-order valence-corrected chi connectivity index (χ3v) is 3.80. The fourth-order valence-electron chi connectivity index (χ4n) is 2.73. The van der Waals surface area contributed by atoms with E-state index in [2.05, 4.69) is 10.3 Å². The van der Waals surface area contributed by atoms with Crippen molar-refractivity contribution in [3.63, 3.8) is 0 Å². The third kappa shape index (κ3) is 2.95. The molecule has 1 aromatic heterocycles. The van der Waals surface area contributed by atoms with Gasteiger partial charge in [-0.3, -0.25) is 15.1 Å². The molecule has 1 unspecified atom stereocenters. The molecule has 6 nitrogen and oxygen atoms in total. The summed E-state index contributed by atoms with van der Waals surface area (Å²) in [5.74, 6) is 0. The summed E-state index contributed by atoms with van der Waals surface area (Å²) in [5.41, 5.74) is 0.985. The molecule has 0 bridgehead atoms. The van der Waals surface area contributed by atoms with Gasteiger partial charge in [0.1, 0.15) is 0 Å². The van der Waals surface area contributed by atoms with E-state index in [-0.39, 0.29) is 10.6 Å². The first kappa shape index (κ1) is 13.8. The van der Waals surface area contributed by atoms with Gasteiger partial charge in [-0.2, -0.15) is 0 Å². The Morgan fingerprint density at radius 2 is 2.29 bits per heavy atom. The van der Waals surface area contributed by atoms with Gasteiger partial charge in [-0.15, -0.1) is 0 Å². The number of nitrogens with one attached hydrogen (secondary N) is 1. The lowest BCUT2D eigenvalue weighted by Gasteiger charge is -2.12. The van der Waals surface area contributed by atoms with Crippen LogP contribution in [0.1, 0.15) is 19.3 Å². The van der Waals surface area contributed by atoms with Crippen molar-refractivity contribution in [2.24, 2.45) is 0 Å². The van der Waals surface area contributed by atoms with Crippen molar-refractivity contribution in [1.29, 1.82) is 0 Å². The summed E-state index contributed by atoms with van der Waals surface area (Å²) >= 11 is 0. The largest absolute Gasteiger partial charge is 0.384 e. The van der Waals surface area contributed by atoms with Crippen molar-refractivity contribution in [2.75, 3.05) is 18.5 Å². The van der Waals surface area contributed by atoms with Crippen LogP contribution in [-0.2, 0) is 4.74 Å². The molecule has 1 aromatic carbocycles. The van der Waals surface area contributed by atoms with Crippen molar-refractivity contribution in [3.8, 4) is 0 Å². The van der Waals surface area contributed by atoms with E-state index in [1.165, 1.54) is 6.07 Å². The maximum absolute atomic E-state index is 11.1. The number of hydrogen-bond donors (Lipinski definition) is 1. The minimum absolute atomic E-state index is 0.0859. The van der Waals surface area contributed by atoms with E-state index in [1.54, 1.807) is 24.5 Å². The van der Waals surface area contributed by atoms with E-state index in [9.17, 15) is 10.1 Å². The summed E-state index contributed by atoms with van der Waals surface area (Å²) in [6.07, 6.45) is 6.73. The second-order valence-electron chi connectivity index (χ2n) is 5.16. The van der Waals surface area contributed by atoms with E-state index in [1.807, 2.05) is 0 Å². The number of ether oxygens (including phenoxy) is 1. The predicted molar refractivity (Wildman–Crippen MR) is 80.5 cm³/mol. The van der Waals surface area contributed by atoms with Crippen LogP contribution in [0, 0.1) is 10.1 Å². The first-order valence-corrected chi connectivity index (χ1v) is 7.12. The number of anilines is 1. The van der Waals surface area contributed by atoms with E-state index in [4.69, 9.17) is 4.74 Å². The number of non-ortho nitro benzene ring substituents is 1. The quantitative estimate of drug-likeness (QED) is 0.675. The van der Waals surface area contributed by atoms with Crippen LogP contribution >= 0.6 is 0 Å². The Bertz CT molecular complexity index is 654. The predicted octanol–water partition coefficient (Wildman–Crippen LogP) is 3.12. The molecule has 0 radical (unpaired) electrons. The molecule has 3 rings (SSSR count). The molecular formula is C15H17N3O3. The number of aromatic nitrogens is 1. The molecule has 6 heteroatoms. The normalized spacial score (nSPS) is 18.0. The molecule has 0 saturated carbocycles. The second kappa shape index (κ2) is 6.05. The number of benzene rings is 1. The molecule has 1 fully saturated rings. The minimum atomic E-state index is -0.375. The Balaban J connectivity index is 1.79. The molecule has 110 valence electrons. The van der Waals surface area contributed by atoms with E-state index < -0.39 is 0 Å². The first-order chi connectivity index (χ1) is 10.3. The van der Waals surface area contributed by atoms with Crippen LogP contribution in [0.5, 0.6) is 0 Å². The Morgan fingerprint density at radius 3 is 3.05 bits per heavy atom. The number of hydrogen-bond acceptors (Lipinski definition) is 5. The lowest BCUT2D eigenvalue weighted by Crippen LogP contribution is -2.12. The second-order valence-corrected chi connectivity index (χ2v) is 5.16. The Labute approximate surface area is 122 Å². The summed E-state index contributed by atoms with van der Waals surface area (Å²) in [7, 11) is 0. The number of nitro groups is 1. The van der Waals surface area contributed by atoms with Crippen molar-refractivity contribution < 1.29 is 9.66 Å². The fourth-order valence-corrected chi connectivity index (χ4v) is 2.73. The van der Waals surface area contributed by atoms with Crippen LogP contribution in [0.15, 0.2) is 30.6 Å². The van der Waals surface area contributed by atoms with E-state index >= 15 is 0 Å². The van der Waals surface area contributed by atoms with Gasteiger partial charge >= 0.3 is 0 Å². The third-order valence-electron chi connectivity index (χ3n) is 3.80. The lowest BCUT2D eigenvalue weighted by molar-refractivity contribution is -0.383. The van der Waals surface area contributed by atoms with Gasteiger partial charge in [-0.1, -0.05) is 0 Å². The van der Waals surface area contributed by atoms with Crippen LogP contribution in [0.25, 0.3) is 10.8 Å². The molecule has 1 aliphatic rings. The van der Waals surface area contributed by atoms with Crippen LogP contribution in [-0.4, -0.2) is 29.2 Å². The van der Waals surface area contributed by atoms with Gasteiger partial charge in [-0.05, 0) is 31.4 Å². The summed E-state index contributed by atoms with van der Waals surface area (Å²) in [6.45, 7) is 1.65. The molecule has 0 amide bonds.